The Bertz CT molecular complexity index is 815. The Morgan fingerprint density at radius 3 is 2.54 bits per heavy atom. The standard InChI is InChI=1S/C18H17NO5/c1-10-14(19-21)6-5-12-17(20)13(9-24-18(10)12)11-4-7-15(22-2)16(8-11)23-3/h4-8,13H,9H2,1-3H3. The van der Waals surface area contributed by atoms with Crippen molar-refractivity contribution in [3.05, 3.63) is 51.9 Å². The Hall–Kier alpha value is -2.89. The second-order valence-electron chi connectivity index (χ2n) is 5.52. The number of fused-ring (bicyclic) bond motifs is 1. The summed E-state index contributed by atoms with van der Waals surface area (Å²) in [6.45, 7) is 1.92. The van der Waals surface area contributed by atoms with Crippen LogP contribution in [0.3, 0.4) is 0 Å². The summed E-state index contributed by atoms with van der Waals surface area (Å²) >= 11 is 0. The third-order valence-corrected chi connectivity index (χ3v) is 4.26. The summed E-state index contributed by atoms with van der Waals surface area (Å²) in [7, 11) is 3.11. The zero-order valence-electron chi connectivity index (χ0n) is 13.7. The third-order valence-electron chi connectivity index (χ3n) is 4.26. The summed E-state index contributed by atoms with van der Waals surface area (Å²) in [4.78, 5) is 23.7. The Balaban J connectivity index is 2.00. The Labute approximate surface area is 139 Å². The minimum atomic E-state index is -0.438. The monoisotopic (exact) mass is 327 g/mol. The van der Waals surface area contributed by atoms with Gasteiger partial charge >= 0.3 is 0 Å². The smallest absolute Gasteiger partial charge is 0.177 e. The number of carbonyl (C=O) groups excluding carboxylic acids is 1. The molecule has 124 valence electrons. The summed E-state index contributed by atoms with van der Waals surface area (Å²) in [5.41, 5.74) is 2.12. The quantitative estimate of drug-likeness (QED) is 0.799. The van der Waals surface area contributed by atoms with Crippen LogP contribution in [-0.4, -0.2) is 26.6 Å². The number of benzene rings is 2. The molecule has 1 aliphatic rings. The van der Waals surface area contributed by atoms with E-state index in [-0.39, 0.29) is 18.1 Å². The van der Waals surface area contributed by atoms with E-state index in [4.69, 9.17) is 14.2 Å². The first-order valence-corrected chi connectivity index (χ1v) is 7.46. The summed E-state index contributed by atoms with van der Waals surface area (Å²) in [6, 6.07) is 8.51. The van der Waals surface area contributed by atoms with E-state index in [9.17, 15) is 9.70 Å². The fourth-order valence-electron chi connectivity index (χ4n) is 2.91. The molecule has 1 unspecified atom stereocenters. The second-order valence-corrected chi connectivity index (χ2v) is 5.52. The predicted molar refractivity (Wildman–Crippen MR) is 88.7 cm³/mol. The largest absolute Gasteiger partial charge is 0.493 e. The molecule has 0 bridgehead atoms. The van der Waals surface area contributed by atoms with Gasteiger partial charge in [0.2, 0.25) is 0 Å². The molecule has 0 spiro atoms. The molecule has 6 nitrogen and oxygen atoms in total. The third kappa shape index (κ3) is 2.50. The fourth-order valence-corrected chi connectivity index (χ4v) is 2.91. The first-order valence-electron chi connectivity index (χ1n) is 7.46. The van der Waals surface area contributed by atoms with Crippen LogP contribution in [0.1, 0.15) is 27.4 Å². The molecule has 0 saturated carbocycles. The van der Waals surface area contributed by atoms with Gasteiger partial charge in [-0.15, -0.1) is 4.91 Å². The topological polar surface area (TPSA) is 74.2 Å². The van der Waals surface area contributed by atoms with Crippen LogP contribution >= 0.6 is 0 Å². The highest BCUT2D eigenvalue weighted by Gasteiger charge is 2.32. The molecule has 6 heteroatoms. The van der Waals surface area contributed by atoms with Gasteiger partial charge in [-0.3, -0.25) is 4.79 Å². The van der Waals surface area contributed by atoms with E-state index in [0.29, 0.717) is 28.4 Å². The van der Waals surface area contributed by atoms with Crippen LogP contribution in [0.2, 0.25) is 0 Å². The van der Waals surface area contributed by atoms with Gasteiger partial charge in [0.1, 0.15) is 18.0 Å². The Morgan fingerprint density at radius 1 is 1.12 bits per heavy atom. The van der Waals surface area contributed by atoms with E-state index in [0.717, 1.165) is 5.56 Å². The minimum absolute atomic E-state index is 0.0518. The van der Waals surface area contributed by atoms with Crippen LogP contribution in [-0.2, 0) is 0 Å². The molecule has 3 rings (SSSR count). The maximum atomic E-state index is 12.9. The molecule has 0 fully saturated rings. The minimum Gasteiger partial charge on any atom is -0.493 e. The number of carbonyl (C=O) groups is 1. The number of ether oxygens (including phenoxy) is 3. The number of hydrogen-bond donors (Lipinski definition) is 0. The van der Waals surface area contributed by atoms with E-state index < -0.39 is 5.92 Å². The van der Waals surface area contributed by atoms with Crippen LogP contribution in [0.4, 0.5) is 5.69 Å². The van der Waals surface area contributed by atoms with E-state index in [1.54, 1.807) is 45.4 Å². The molecule has 24 heavy (non-hydrogen) atoms. The van der Waals surface area contributed by atoms with Crippen LogP contribution in [0.15, 0.2) is 35.5 Å². The molecular formula is C18H17NO5. The van der Waals surface area contributed by atoms with Crippen molar-refractivity contribution in [2.45, 2.75) is 12.8 Å². The van der Waals surface area contributed by atoms with Crippen molar-refractivity contribution >= 4 is 11.5 Å². The number of methoxy groups -OCH3 is 2. The lowest BCUT2D eigenvalue weighted by atomic mass is 9.87. The SMILES string of the molecule is COc1ccc(C2COc3c(ccc(N=O)c3C)C2=O)cc1OC. The van der Waals surface area contributed by atoms with Gasteiger partial charge in [-0.2, -0.15) is 0 Å². The zero-order chi connectivity index (χ0) is 17.3. The number of Topliss-reactive ketones (excluding diaryl/α,β-unsaturated/α-hetero) is 1. The first kappa shape index (κ1) is 16.0. The van der Waals surface area contributed by atoms with Crippen molar-refractivity contribution in [3.63, 3.8) is 0 Å². The van der Waals surface area contributed by atoms with Crippen LogP contribution in [0.25, 0.3) is 0 Å². The maximum absolute atomic E-state index is 12.9. The molecule has 2 aromatic rings. The Morgan fingerprint density at radius 2 is 1.88 bits per heavy atom. The number of nitroso groups, excluding NO2 is 1. The predicted octanol–water partition coefficient (Wildman–Crippen LogP) is 3.77. The number of rotatable bonds is 4. The highest BCUT2D eigenvalue weighted by Crippen LogP contribution is 2.40. The van der Waals surface area contributed by atoms with Gasteiger partial charge in [-0.25, -0.2) is 0 Å². The summed E-state index contributed by atoms with van der Waals surface area (Å²) in [5, 5.41) is 2.95. The molecule has 0 aromatic heterocycles. The zero-order valence-corrected chi connectivity index (χ0v) is 13.7. The summed E-state index contributed by atoms with van der Waals surface area (Å²) in [6.07, 6.45) is 0. The fraction of sp³-hybridized carbons (Fsp3) is 0.278. The number of hydrogen-bond acceptors (Lipinski definition) is 6. The molecular weight excluding hydrogens is 310 g/mol. The average Bonchev–Trinajstić information content (AvgIpc) is 2.62. The lowest BCUT2D eigenvalue weighted by Crippen LogP contribution is -2.26. The molecule has 0 amide bonds. The molecule has 1 heterocycles. The lowest BCUT2D eigenvalue weighted by molar-refractivity contribution is 0.0895. The highest BCUT2D eigenvalue weighted by molar-refractivity contribution is 6.05. The molecule has 0 saturated heterocycles. The van der Waals surface area contributed by atoms with Gasteiger partial charge in [-0.1, -0.05) is 6.07 Å². The van der Waals surface area contributed by atoms with Gasteiger partial charge in [0.15, 0.2) is 17.3 Å². The van der Waals surface area contributed by atoms with Crippen LogP contribution < -0.4 is 14.2 Å². The maximum Gasteiger partial charge on any atom is 0.177 e. The molecule has 0 aliphatic carbocycles. The normalized spacial score (nSPS) is 16.1. The molecule has 2 aromatic carbocycles. The van der Waals surface area contributed by atoms with E-state index in [2.05, 4.69) is 5.18 Å². The van der Waals surface area contributed by atoms with Crippen molar-refractivity contribution in [1.29, 1.82) is 0 Å². The van der Waals surface area contributed by atoms with E-state index in [1.165, 1.54) is 0 Å². The number of ketones is 1. The van der Waals surface area contributed by atoms with Gasteiger partial charge in [-0.05, 0) is 41.9 Å². The lowest BCUT2D eigenvalue weighted by Gasteiger charge is -2.26. The van der Waals surface area contributed by atoms with Crippen molar-refractivity contribution in [2.75, 3.05) is 20.8 Å². The second kappa shape index (κ2) is 6.31. The van der Waals surface area contributed by atoms with Gasteiger partial charge < -0.3 is 14.2 Å². The average molecular weight is 327 g/mol. The van der Waals surface area contributed by atoms with Crippen molar-refractivity contribution in [3.8, 4) is 17.2 Å². The van der Waals surface area contributed by atoms with Crippen LogP contribution in [0, 0.1) is 11.8 Å². The molecule has 0 radical (unpaired) electrons. The molecule has 1 aliphatic heterocycles. The summed E-state index contributed by atoms with van der Waals surface area (Å²) < 4.78 is 16.3. The summed E-state index contributed by atoms with van der Waals surface area (Å²) in [5.74, 6) is 1.11. The molecule has 1 atom stereocenters. The van der Waals surface area contributed by atoms with Gasteiger partial charge in [0.25, 0.3) is 0 Å². The first-order chi connectivity index (χ1) is 11.6. The number of nitrogens with zero attached hydrogens (tertiary/aromatic N) is 1. The van der Waals surface area contributed by atoms with Crippen LogP contribution in [0.5, 0.6) is 17.2 Å². The highest BCUT2D eigenvalue weighted by atomic mass is 16.5. The molecule has 0 N–H and O–H groups in total. The van der Waals surface area contributed by atoms with Gasteiger partial charge in [0.05, 0.1) is 25.7 Å². The van der Waals surface area contributed by atoms with E-state index >= 15 is 0 Å². The van der Waals surface area contributed by atoms with Crippen molar-refractivity contribution < 1.29 is 19.0 Å². The van der Waals surface area contributed by atoms with E-state index in [1.807, 2.05) is 6.07 Å². The Kier molecular flexibility index (Phi) is 4.20. The van der Waals surface area contributed by atoms with Gasteiger partial charge in [0, 0.05) is 5.56 Å². The van der Waals surface area contributed by atoms with Crippen molar-refractivity contribution in [1.82, 2.24) is 0 Å². The van der Waals surface area contributed by atoms with Crippen molar-refractivity contribution in [2.24, 2.45) is 5.18 Å².